The summed E-state index contributed by atoms with van der Waals surface area (Å²) in [6, 6.07) is 3.09. The number of hydrogen-bond acceptors (Lipinski definition) is 6. The summed E-state index contributed by atoms with van der Waals surface area (Å²) in [4.78, 5) is 64.2. The van der Waals surface area contributed by atoms with Gasteiger partial charge in [0.2, 0.25) is 23.6 Å². The van der Waals surface area contributed by atoms with Crippen LogP contribution in [0.3, 0.4) is 0 Å². The smallest absolute Gasteiger partial charge is 0.326 e. The van der Waals surface area contributed by atoms with Crippen LogP contribution in [0.15, 0.2) is 30.5 Å². The first-order valence-corrected chi connectivity index (χ1v) is 12.1. The van der Waals surface area contributed by atoms with Crippen LogP contribution >= 0.6 is 0 Å². The van der Waals surface area contributed by atoms with Crippen LogP contribution in [0.4, 0.5) is 0 Å². The predicted molar refractivity (Wildman–Crippen MR) is 137 cm³/mol. The number of H-pyrrole nitrogens is 1. The summed E-state index contributed by atoms with van der Waals surface area (Å²) in [6.45, 7) is 5.09. The van der Waals surface area contributed by atoms with E-state index >= 15 is 0 Å². The first-order valence-electron chi connectivity index (χ1n) is 12.1. The Kier molecular flexibility index (Phi) is 10.6. The van der Waals surface area contributed by atoms with Crippen LogP contribution in [0.2, 0.25) is 0 Å². The minimum absolute atomic E-state index is 0.00777. The van der Waals surface area contributed by atoms with Crippen molar-refractivity contribution in [3.63, 3.8) is 0 Å². The third-order valence-corrected chi connectivity index (χ3v) is 5.84. The van der Waals surface area contributed by atoms with E-state index in [0.717, 1.165) is 16.5 Å². The second-order valence-corrected chi connectivity index (χ2v) is 9.50. The molecule has 202 valence electrons. The van der Waals surface area contributed by atoms with Crippen LogP contribution in [0.25, 0.3) is 10.9 Å². The monoisotopic (exact) mass is 516 g/mol. The highest BCUT2D eigenvalue weighted by Gasteiger charge is 2.29. The van der Waals surface area contributed by atoms with E-state index in [2.05, 4.69) is 20.9 Å². The van der Waals surface area contributed by atoms with Crippen LogP contribution in [0.5, 0.6) is 0 Å². The molecule has 0 saturated heterocycles. The number of carboxylic acids is 1. The maximum Gasteiger partial charge on any atom is 0.326 e. The lowest BCUT2D eigenvalue weighted by Crippen LogP contribution is -2.57. The van der Waals surface area contributed by atoms with Gasteiger partial charge in [0.05, 0.1) is 6.04 Å². The Morgan fingerprint density at radius 2 is 1.59 bits per heavy atom. The van der Waals surface area contributed by atoms with Gasteiger partial charge in [-0.25, -0.2) is 4.79 Å². The Morgan fingerprint density at radius 3 is 2.22 bits per heavy atom. The molecule has 0 aliphatic heterocycles. The van der Waals surface area contributed by atoms with Crippen molar-refractivity contribution in [3.05, 3.63) is 36.0 Å². The molecule has 4 atom stereocenters. The van der Waals surface area contributed by atoms with Crippen LogP contribution in [0, 0.1) is 5.92 Å². The zero-order valence-electron chi connectivity index (χ0n) is 21.2. The lowest BCUT2D eigenvalue weighted by Gasteiger charge is -2.24. The molecule has 0 aliphatic rings. The van der Waals surface area contributed by atoms with Gasteiger partial charge < -0.3 is 37.5 Å². The normalized spacial score (nSPS) is 14.4. The van der Waals surface area contributed by atoms with E-state index in [1.807, 2.05) is 38.1 Å². The number of nitrogens with two attached hydrogens (primary N) is 2. The fraction of sp³-hybridized carbons (Fsp3) is 0.480. The van der Waals surface area contributed by atoms with Crippen molar-refractivity contribution in [2.45, 2.75) is 70.6 Å². The standard InChI is InChI=1S/C25H36N6O6/c1-13(2)10-20(25(36)37)31-22(33)14(3)29-24(35)19(30-23(34)17(26)8-9-21(27)32)11-15-12-28-18-7-5-4-6-16(15)18/h4-7,12-14,17,19-20,28H,8-11,26H2,1-3H3,(H2,27,32)(H,29,35)(H,30,34)(H,31,33)(H,36,37). The molecule has 4 amide bonds. The molecule has 0 fully saturated rings. The molecule has 0 radical (unpaired) electrons. The first-order chi connectivity index (χ1) is 17.4. The topological polar surface area (TPSA) is 210 Å². The number of nitrogens with one attached hydrogen (secondary N) is 4. The second-order valence-electron chi connectivity index (χ2n) is 9.50. The lowest BCUT2D eigenvalue weighted by atomic mass is 10.0. The number of carbonyl (C=O) groups is 5. The molecule has 0 spiro atoms. The van der Waals surface area contributed by atoms with Gasteiger partial charge in [-0.3, -0.25) is 19.2 Å². The number of hydrogen-bond donors (Lipinski definition) is 7. The largest absolute Gasteiger partial charge is 0.480 e. The number of para-hydroxylation sites is 1. The third kappa shape index (κ3) is 8.90. The van der Waals surface area contributed by atoms with Gasteiger partial charge in [-0.15, -0.1) is 0 Å². The second kappa shape index (κ2) is 13.4. The zero-order chi connectivity index (χ0) is 27.7. The molecule has 2 rings (SSSR count). The number of fused-ring (bicyclic) bond motifs is 1. The number of benzene rings is 1. The number of amides is 4. The average Bonchev–Trinajstić information content (AvgIpc) is 3.23. The number of carbonyl (C=O) groups excluding carboxylic acids is 4. The molecule has 4 unspecified atom stereocenters. The maximum absolute atomic E-state index is 13.2. The van der Waals surface area contributed by atoms with E-state index in [1.165, 1.54) is 6.92 Å². The SMILES string of the molecule is CC(C)CC(NC(=O)C(C)NC(=O)C(Cc1c[nH]c2ccccc12)NC(=O)C(N)CCC(N)=O)C(=O)O. The maximum atomic E-state index is 13.2. The summed E-state index contributed by atoms with van der Waals surface area (Å²) in [5, 5.41) is 17.8. The van der Waals surface area contributed by atoms with Crippen LogP contribution < -0.4 is 27.4 Å². The number of aromatic amines is 1. The number of rotatable bonds is 14. The summed E-state index contributed by atoms with van der Waals surface area (Å²) in [7, 11) is 0. The van der Waals surface area contributed by atoms with Gasteiger partial charge in [-0.1, -0.05) is 32.0 Å². The van der Waals surface area contributed by atoms with E-state index < -0.39 is 53.8 Å². The van der Waals surface area contributed by atoms with Gasteiger partial charge in [0.25, 0.3) is 0 Å². The van der Waals surface area contributed by atoms with E-state index in [0.29, 0.717) is 0 Å². The van der Waals surface area contributed by atoms with E-state index in [1.54, 1.807) is 6.20 Å². The summed E-state index contributed by atoms with van der Waals surface area (Å²) in [6.07, 6.45) is 1.96. The molecule has 0 saturated carbocycles. The molecule has 2 aromatic rings. The number of aliphatic carboxylic acids is 1. The van der Waals surface area contributed by atoms with Crippen molar-refractivity contribution in [2.24, 2.45) is 17.4 Å². The van der Waals surface area contributed by atoms with Gasteiger partial charge in [-0.2, -0.15) is 0 Å². The van der Waals surface area contributed by atoms with Gasteiger partial charge in [0, 0.05) is 29.9 Å². The van der Waals surface area contributed by atoms with Crippen molar-refractivity contribution in [3.8, 4) is 0 Å². The molecular weight excluding hydrogens is 480 g/mol. The van der Waals surface area contributed by atoms with Crippen LogP contribution in [-0.2, 0) is 30.4 Å². The Balaban J connectivity index is 2.17. The fourth-order valence-electron chi connectivity index (χ4n) is 3.81. The van der Waals surface area contributed by atoms with Gasteiger partial charge in [0.15, 0.2) is 0 Å². The summed E-state index contributed by atoms with van der Waals surface area (Å²) in [5.74, 6) is -3.72. The van der Waals surface area contributed by atoms with Crippen LogP contribution in [0.1, 0.15) is 45.6 Å². The summed E-state index contributed by atoms with van der Waals surface area (Å²) in [5.41, 5.74) is 12.6. The van der Waals surface area contributed by atoms with Gasteiger partial charge in [0.1, 0.15) is 18.1 Å². The predicted octanol–water partition coefficient (Wildman–Crippen LogP) is -0.0918. The molecule has 1 heterocycles. The lowest BCUT2D eigenvalue weighted by molar-refractivity contribution is -0.142. The quantitative estimate of drug-likeness (QED) is 0.181. The Morgan fingerprint density at radius 1 is 0.946 bits per heavy atom. The summed E-state index contributed by atoms with van der Waals surface area (Å²) >= 11 is 0. The fourth-order valence-corrected chi connectivity index (χ4v) is 3.81. The van der Waals surface area contributed by atoms with E-state index in [-0.39, 0.29) is 31.6 Å². The van der Waals surface area contributed by atoms with E-state index in [9.17, 15) is 29.1 Å². The molecule has 0 aliphatic carbocycles. The molecule has 1 aromatic heterocycles. The Labute approximate surface area is 214 Å². The third-order valence-electron chi connectivity index (χ3n) is 5.84. The van der Waals surface area contributed by atoms with Crippen LogP contribution in [-0.4, -0.2) is 63.9 Å². The highest BCUT2D eigenvalue weighted by Crippen LogP contribution is 2.19. The van der Waals surface area contributed by atoms with Crippen molar-refractivity contribution in [1.29, 1.82) is 0 Å². The Bertz CT molecular complexity index is 1130. The molecule has 0 bridgehead atoms. The zero-order valence-corrected chi connectivity index (χ0v) is 21.2. The Hall–Kier alpha value is -3.93. The first kappa shape index (κ1) is 29.3. The molecular formula is C25H36N6O6. The molecule has 12 heteroatoms. The van der Waals surface area contributed by atoms with Crippen molar-refractivity contribution in [2.75, 3.05) is 0 Å². The minimum atomic E-state index is -1.17. The number of primary amides is 1. The molecule has 12 nitrogen and oxygen atoms in total. The summed E-state index contributed by atoms with van der Waals surface area (Å²) < 4.78 is 0. The van der Waals surface area contributed by atoms with Crippen molar-refractivity contribution >= 4 is 40.5 Å². The number of aromatic nitrogens is 1. The minimum Gasteiger partial charge on any atom is -0.480 e. The highest BCUT2D eigenvalue weighted by atomic mass is 16.4. The highest BCUT2D eigenvalue weighted by molar-refractivity contribution is 5.94. The molecule has 37 heavy (non-hydrogen) atoms. The molecule has 9 N–H and O–H groups in total. The van der Waals surface area contributed by atoms with Gasteiger partial charge in [-0.05, 0) is 37.3 Å². The number of carboxylic acid groups (broad SMARTS) is 1. The average molecular weight is 517 g/mol. The van der Waals surface area contributed by atoms with Crippen molar-refractivity contribution < 1.29 is 29.1 Å². The van der Waals surface area contributed by atoms with Crippen molar-refractivity contribution in [1.82, 2.24) is 20.9 Å². The van der Waals surface area contributed by atoms with E-state index in [4.69, 9.17) is 11.5 Å². The molecule has 1 aromatic carbocycles. The van der Waals surface area contributed by atoms with Gasteiger partial charge >= 0.3 is 5.97 Å².